The van der Waals surface area contributed by atoms with Crippen LogP contribution in [0.5, 0.6) is 5.88 Å². The van der Waals surface area contributed by atoms with Gasteiger partial charge in [-0.3, -0.25) is 0 Å². The summed E-state index contributed by atoms with van der Waals surface area (Å²) in [5.74, 6) is -0.167. The van der Waals surface area contributed by atoms with Crippen LogP contribution >= 0.6 is 0 Å². The van der Waals surface area contributed by atoms with Gasteiger partial charge in [0.05, 0.1) is 12.8 Å². The van der Waals surface area contributed by atoms with Crippen LogP contribution in [0.2, 0.25) is 0 Å². The van der Waals surface area contributed by atoms with E-state index in [0.29, 0.717) is 12.5 Å². The number of hydrogen-bond donors (Lipinski definition) is 0. The minimum absolute atomic E-state index is 0.0588. The third kappa shape index (κ3) is 1.93. The second kappa shape index (κ2) is 3.37. The van der Waals surface area contributed by atoms with Gasteiger partial charge in [0.15, 0.2) is 0 Å². The molecule has 2 nitrogen and oxygen atoms in total. The van der Waals surface area contributed by atoms with Crippen LogP contribution in [0.25, 0.3) is 0 Å². The summed E-state index contributed by atoms with van der Waals surface area (Å²) >= 11 is 0. The lowest BCUT2D eigenvalue weighted by Gasteiger charge is -2.02. The molecule has 0 amide bonds. The van der Waals surface area contributed by atoms with E-state index in [0.717, 1.165) is 6.20 Å². The first kappa shape index (κ1) is 8.05. The van der Waals surface area contributed by atoms with Gasteiger partial charge in [-0.1, -0.05) is 5.46 Å². The van der Waals surface area contributed by atoms with E-state index in [-0.39, 0.29) is 5.46 Å². The fourth-order valence-electron chi connectivity index (χ4n) is 0.661. The summed E-state index contributed by atoms with van der Waals surface area (Å²) in [5, 5.41) is 0. The van der Waals surface area contributed by atoms with Crippen LogP contribution in [-0.4, -0.2) is 19.4 Å². The van der Waals surface area contributed by atoms with Crippen LogP contribution in [0.3, 0.4) is 0 Å². The molecule has 0 fully saturated rings. The highest BCUT2D eigenvalue weighted by Gasteiger charge is 1.98. The maximum absolute atomic E-state index is 12.5. The summed E-state index contributed by atoms with van der Waals surface area (Å²) in [7, 11) is 5.26. The summed E-state index contributed by atoms with van der Waals surface area (Å²) in [5.41, 5.74) is 0.0588. The van der Waals surface area contributed by atoms with Crippen molar-refractivity contribution in [1.29, 1.82) is 0 Å². The summed E-state index contributed by atoms with van der Waals surface area (Å²) in [6.07, 6.45) is 1.04. The Bertz CT molecular complexity index is 254. The molecule has 1 heterocycles. The van der Waals surface area contributed by atoms with E-state index in [1.165, 1.54) is 6.07 Å². The first-order chi connectivity index (χ1) is 5.24. The zero-order chi connectivity index (χ0) is 8.27. The molecule has 2 radical (unpaired) electrons. The first-order valence-corrected chi connectivity index (χ1v) is 3.28. The molecule has 11 heavy (non-hydrogen) atoms. The van der Waals surface area contributed by atoms with Crippen LogP contribution < -0.4 is 10.2 Å². The van der Waals surface area contributed by atoms with Gasteiger partial charge in [0, 0.05) is 0 Å². The fourth-order valence-corrected chi connectivity index (χ4v) is 0.661. The topological polar surface area (TPSA) is 22.1 Å². The summed E-state index contributed by atoms with van der Waals surface area (Å²) in [4.78, 5) is 3.65. The van der Waals surface area contributed by atoms with E-state index in [1.807, 2.05) is 6.92 Å². The van der Waals surface area contributed by atoms with Crippen LogP contribution in [0.1, 0.15) is 6.92 Å². The number of halogens is 1. The van der Waals surface area contributed by atoms with Crippen molar-refractivity contribution in [3.05, 3.63) is 18.1 Å². The quantitative estimate of drug-likeness (QED) is 0.571. The molecule has 0 aliphatic rings. The molecule has 1 aromatic rings. The van der Waals surface area contributed by atoms with Crippen molar-refractivity contribution < 1.29 is 9.13 Å². The zero-order valence-electron chi connectivity index (χ0n) is 6.17. The molecule has 0 spiro atoms. The molecule has 0 unspecified atom stereocenters. The van der Waals surface area contributed by atoms with Gasteiger partial charge in [0.1, 0.15) is 13.7 Å². The third-order valence-corrected chi connectivity index (χ3v) is 1.15. The molecule has 0 aromatic carbocycles. The molecule has 4 heteroatoms. The molecule has 1 rings (SSSR count). The number of rotatable bonds is 2. The minimum atomic E-state index is -0.520. The van der Waals surface area contributed by atoms with E-state index in [2.05, 4.69) is 4.98 Å². The lowest BCUT2D eigenvalue weighted by molar-refractivity contribution is 0.326. The van der Waals surface area contributed by atoms with Gasteiger partial charge in [-0.05, 0) is 13.0 Å². The van der Waals surface area contributed by atoms with E-state index in [4.69, 9.17) is 12.6 Å². The largest absolute Gasteiger partial charge is 0.478 e. The second-order valence-corrected chi connectivity index (χ2v) is 1.98. The minimum Gasteiger partial charge on any atom is -0.478 e. The SMILES string of the molecule is [B]c1cc(OCC)ncc1F. The normalized spacial score (nSPS) is 9.64. The van der Waals surface area contributed by atoms with Crippen LogP contribution in [0.4, 0.5) is 4.39 Å². The highest BCUT2D eigenvalue weighted by Crippen LogP contribution is 2.02. The number of aromatic nitrogens is 1. The number of ether oxygens (including phenoxy) is 1. The molecule has 0 aliphatic carbocycles. The van der Waals surface area contributed by atoms with Gasteiger partial charge in [-0.2, -0.15) is 0 Å². The maximum Gasteiger partial charge on any atom is 0.212 e. The Morgan fingerprint density at radius 1 is 1.73 bits per heavy atom. The number of hydrogen-bond acceptors (Lipinski definition) is 2. The van der Waals surface area contributed by atoms with E-state index >= 15 is 0 Å². The van der Waals surface area contributed by atoms with E-state index in [1.54, 1.807) is 0 Å². The Morgan fingerprint density at radius 2 is 2.45 bits per heavy atom. The van der Waals surface area contributed by atoms with Crippen molar-refractivity contribution in [2.45, 2.75) is 6.92 Å². The van der Waals surface area contributed by atoms with Gasteiger partial charge >= 0.3 is 0 Å². The van der Waals surface area contributed by atoms with Gasteiger partial charge in [0.2, 0.25) is 5.88 Å². The molecule has 0 saturated carbocycles. The van der Waals surface area contributed by atoms with Crippen molar-refractivity contribution in [1.82, 2.24) is 4.98 Å². The average Bonchev–Trinajstić information content (AvgIpc) is 1.98. The average molecular weight is 151 g/mol. The molecule has 0 bridgehead atoms. The van der Waals surface area contributed by atoms with Crippen molar-refractivity contribution in [3.8, 4) is 5.88 Å². The monoisotopic (exact) mass is 151 g/mol. The Kier molecular flexibility index (Phi) is 2.46. The first-order valence-electron chi connectivity index (χ1n) is 3.28. The Balaban J connectivity index is 2.86. The molecule has 0 atom stereocenters. The Morgan fingerprint density at radius 3 is 3.00 bits per heavy atom. The van der Waals surface area contributed by atoms with Crippen molar-refractivity contribution in [3.63, 3.8) is 0 Å². The summed E-state index contributed by atoms with van der Waals surface area (Å²) < 4.78 is 17.5. The summed E-state index contributed by atoms with van der Waals surface area (Å²) in [6, 6.07) is 1.36. The molecular formula is C7H7BFNO. The number of pyridine rings is 1. The van der Waals surface area contributed by atoms with Crippen LogP contribution in [0.15, 0.2) is 12.3 Å². The van der Waals surface area contributed by atoms with Gasteiger partial charge < -0.3 is 4.74 Å². The van der Waals surface area contributed by atoms with Gasteiger partial charge in [-0.15, -0.1) is 0 Å². The molecule has 0 N–H and O–H groups in total. The van der Waals surface area contributed by atoms with Crippen molar-refractivity contribution >= 4 is 13.3 Å². The zero-order valence-corrected chi connectivity index (χ0v) is 6.17. The van der Waals surface area contributed by atoms with E-state index < -0.39 is 5.82 Å². The van der Waals surface area contributed by atoms with Crippen molar-refractivity contribution in [2.75, 3.05) is 6.61 Å². The highest BCUT2D eigenvalue weighted by molar-refractivity contribution is 6.32. The highest BCUT2D eigenvalue weighted by atomic mass is 19.1. The molecule has 0 saturated heterocycles. The molecular weight excluding hydrogens is 144 g/mol. The lowest BCUT2D eigenvalue weighted by Crippen LogP contribution is -2.10. The standard InChI is InChI=1S/C7H7BFNO/c1-2-11-7-3-5(8)6(9)4-10-7/h3-4H,2H2,1H3. The predicted molar refractivity (Wildman–Crippen MR) is 40.8 cm³/mol. The van der Waals surface area contributed by atoms with E-state index in [9.17, 15) is 4.39 Å². The Hall–Kier alpha value is -1.06. The molecule has 0 aliphatic heterocycles. The molecule has 56 valence electrons. The fraction of sp³-hybridized carbons (Fsp3) is 0.286. The Labute approximate surface area is 65.8 Å². The maximum atomic E-state index is 12.5. The van der Waals surface area contributed by atoms with Crippen LogP contribution in [0, 0.1) is 5.82 Å². The van der Waals surface area contributed by atoms with Gasteiger partial charge in [0.25, 0.3) is 0 Å². The third-order valence-electron chi connectivity index (χ3n) is 1.15. The summed E-state index contributed by atoms with van der Waals surface area (Å²) in [6.45, 7) is 2.32. The molecule has 1 aromatic heterocycles. The lowest BCUT2D eigenvalue weighted by atomic mass is 9.97. The van der Waals surface area contributed by atoms with Crippen LogP contribution in [-0.2, 0) is 0 Å². The predicted octanol–water partition coefficient (Wildman–Crippen LogP) is 0.413. The smallest absolute Gasteiger partial charge is 0.212 e. The second-order valence-electron chi connectivity index (χ2n) is 1.98. The number of nitrogens with zero attached hydrogens (tertiary/aromatic N) is 1. The van der Waals surface area contributed by atoms with Gasteiger partial charge in [-0.25, -0.2) is 9.37 Å². The van der Waals surface area contributed by atoms with Crippen molar-refractivity contribution in [2.24, 2.45) is 0 Å².